The number of aliphatic hydroxyl groups is 1. The predicted molar refractivity (Wildman–Crippen MR) is 57.9 cm³/mol. The van der Waals surface area contributed by atoms with E-state index in [0.29, 0.717) is 0 Å². The molecule has 0 fully saturated rings. The Morgan fingerprint density at radius 3 is 1.67 bits per heavy atom. The van der Waals surface area contributed by atoms with E-state index in [1.165, 1.54) is 24.1 Å². The molecule has 0 spiro atoms. The van der Waals surface area contributed by atoms with Gasteiger partial charge in [-0.2, -0.15) is 0 Å². The number of nitrogens with two attached hydrogens (primary N) is 1. The fourth-order valence-corrected chi connectivity index (χ4v) is 0.745. The third kappa shape index (κ3) is 8.35. The molecule has 15 heavy (non-hydrogen) atoms. The summed E-state index contributed by atoms with van der Waals surface area (Å²) < 4.78 is 1.21. The number of quaternary nitrogens is 1. The molecule has 0 amide bonds. The van der Waals surface area contributed by atoms with Crippen LogP contribution >= 0.6 is 0 Å². The van der Waals surface area contributed by atoms with Crippen molar-refractivity contribution < 1.29 is 19.5 Å². The van der Waals surface area contributed by atoms with Crippen LogP contribution in [0.15, 0.2) is 0 Å². The lowest BCUT2D eigenvalue weighted by Gasteiger charge is -2.30. The highest BCUT2D eigenvalue weighted by atomic mass is 16.4. The van der Waals surface area contributed by atoms with E-state index < -0.39 is 18.6 Å². The van der Waals surface area contributed by atoms with Crippen molar-refractivity contribution in [3.8, 4) is 0 Å². The van der Waals surface area contributed by atoms with E-state index in [0.717, 1.165) is 0 Å². The second kappa shape index (κ2) is 8.64. The summed E-state index contributed by atoms with van der Waals surface area (Å²) in [5, 5.41) is 17.5. The molecule has 0 aliphatic rings. The minimum Gasteiger partial charge on any atom is -0.548 e. The number of carboxylic acids is 1. The summed E-state index contributed by atoms with van der Waals surface area (Å²) in [5.74, 6) is -1.43. The molecule has 0 unspecified atom stereocenters. The molecule has 0 saturated carbocycles. The first-order chi connectivity index (χ1) is 6.86. The first-order valence-corrected chi connectivity index (χ1v) is 5.27. The minimum absolute atomic E-state index is 0.567. The molecule has 92 valence electrons. The molecule has 5 nitrogen and oxygen atoms in total. The molecule has 1 atom stereocenters. The normalized spacial score (nSPS) is 12.7. The highest BCUT2D eigenvalue weighted by molar-refractivity contribution is 5.70. The second-order valence-electron chi connectivity index (χ2n) is 3.68. The Labute approximate surface area is 92.1 Å². The van der Waals surface area contributed by atoms with Gasteiger partial charge >= 0.3 is 0 Å². The summed E-state index contributed by atoms with van der Waals surface area (Å²) in [6, 6.07) is -1.24. The highest BCUT2D eigenvalue weighted by Crippen LogP contribution is 1.97. The van der Waals surface area contributed by atoms with Crippen LogP contribution in [-0.2, 0) is 4.79 Å². The third-order valence-electron chi connectivity index (χ3n) is 2.79. The molecule has 0 bridgehead atoms. The van der Waals surface area contributed by atoms with Gasteiger partial charge in [-0.3, -0.25) is 0 Å². The van der Waals surface area contributed by atoms with Gasteiger partial charge in [-0.05, 0) is 20.8 Å². The van der Waals surface area contributed by atoms with Gasteiger partial charge in [-0.1, -0.05) is 0 Å². The average Bonchev–Trinajstić information content (AvgIpc) is 2.27. The summed E-state index contributed by atoms with van der Waals surface area (Å²) in [4.78, 5) is 9.53. The molecule has 0 aromatic heterocycles. The lowest BCUT2D eigenvalue weighted by molar-refractivity contribution is -0.904. The SMILES string of the molecule is CC[N+](C)(CC)CC.N[C@@H](CO)C(=O)[O-]. The number of aliphatic hydroxyl groups excluding tert-OH is 1. The number of carbonyl (C=O) groups excluding carboxylic acids is 1. The van der Waals surface area contributed by atoms with Crippen LogP contribution in [0.1, 0.15) is 20.8 Å². The molecule has 0 saturated heterocycles. The second-order valence-corrected chi connectivity index (χ2v) is 3.68. The summed E-state index contributed by atoms with van der Waals surface area (Å²) in [6.45, 7) is 9.93. The van der Waals surface area contributed by atoms with E-state index in [9.17, 15) is 9.90 Å². The Morgan fingerprint density at radius 1 is 1.33 bits per heavy atom. The van der Waals surface area contributed by atoms with Gasteiger partial charge < -0.3 is 25.2 Å². The maximum Gasteiger partial charge on any atom is 0.0755 e. The molecule has 0 aliphatic carbocycles. The zero-order valence-corrected chi connectivity index (χ0v) is 10.2. The Balaban J connectivity index is 0. The van der Waals surface area contributed by atoms with Crippen LogP contribution in [0.4, 0.5) is 0 Å². The van der Waals surface area contributed by atoms with E-state index in [1.807, 2.05) is 0 Å². The Morgan fingerprint density at radius 2 is 1.67 bits per heavy atom. The van der Waals surface area contributed by atoms with E-state index in [4.69, 9.17) is 10.8 Å². The Kier molecular flexibility index (Phi) is 9.66. The maximum atomic E-state index is 9.53. The van der Waals surface area contributed by atoms with Gasteiger partial charge in [-0.25, -0.2) is 0 Å². The zero-order chi connectivity index (χ0) is 12.5. The third-order valence-corrected chi connectivity index (χ3v) is 2.79. The van der Waals surface area contributed by atoms with Gasteiger partial charge in [0.05, 0.1) is 45.3 Å². The van der Waals surface area contributed by atoms with Crippen molar-refractivity contribution in [2.45, 2.75) is 26.8 Å². The Hall–Kier alpha value is -0.650. The zero-order valence-electron chi connectivity index (χ0n) is 10.2. The quantitative estimate of drug-likeness (QED) is 0.555. The average molecular weight is 220 g/mol. The van der Waals surface area contributed by atoms with Crippen LogP contribution in [0.2, 0.25) is 0 Å². The van der Waals surface area contributed by atoms with Crippen molar-refractivity contribution in [3.63, 3.8) is 0 Å². The fourth-order valence-electron chi connectivity index (χ4n) is 0.745. The number of carboxylic acid groups (broad SMARTS) is 1. The number of hydrogen-bond donors (Lipinski definition) is 2. The molecule has 0 aromatic rings. The molecule has 5 heteroatoms. The molecular weight excluding hydrogens is 196 g/mol. The number of aliphatic carboxylic acids is 1. The van der Waals surface area contributed by atoms with Crippen LogP contribution in [0.5, 0.6) is 0 Å². The van der Waals surface area contributed by atoms with Gasteiger partial charge in [0.2, 0.25) is 0 Å². The lowest BCUT2D eigenvalue weighted by atomic mass is 10.3. The summed E-state index contributed by atoms with van der Waals surface area (Å²) in [5.41, 5.74) is 4.70. The minimum atomic E-state index is -1.43. The van der Waals surface area contributed by atoms with E-state index >= 15 is 0 Å². The smallest absolute Gasteiger partial charge is 0.0755 e. The molecule has 0 aliphatic heterocycles. The maximum absolute atomic E-state index is 9.53. The van der Waals surface area contributed by atoms with Crippen molar-refractivity contribution >= 4 is 5.97 Å². The molecule has 3 N–H and O–H groups in total. The number of hydrogen-bond acceptors (Lipinski definition) is 4. The van der Waals surface area contributed by atoms with E-state index in [1.54, 1.807) is 0 Å². The van der Waals surface area contributed by atoms with Crippen LogP contribution in [-0.4, -0.2) is 54.9 Å². The largest absolute Gasteiger partial charge is 0.548 e. The standard InChI is InChI=1S/C7H18N.C3H7NO3/c1-5-8(4,6-2)7-3;4-2(1-5)3(6)7/h5-7H2,1-4H3;2,5H,1,4H2,(H,6,7)/q+1;/p-1/t;2-/m.0/s1. The van der Waals surface area contributed by atoms with Gasteiger partial charge in [0.15, 0.2) is 0 Å². The summed E-state index contributed by atoms with van der Waals surface area (Å²) >= 11 is 0. The van der Waals surface area contributed by atoms with Crippen molar-refractivity contribution in [2.24, 2.45) is 5.73 Å². The fraction of sp³-hybridized carbons (Fsp3) is 0.900. The first kappa shape index (κ1) is 16.8. The van der Waals surface area contributed by atoms with Gasteiger partial charge in [0.25, 0.3) is 0 Å². The topological polar surface area (TPSA) is 86.4 Å². The molecule has 0 heterocycles. The highest BCUT2D eigenvalue weighted by Gasteiger charge is 2.10. The van der Waals surface area contributed by atoms with Crippen LogP contribution in [0.25, 0.3) is 0 Å². The van der Waals surface area contributed by atoms with Crippen molar-refractivity contribution in [1.29, 1.82) is 0 Å². The van der Waals surface area contributed by atoms with Crippen molar-refractivity contribution in [2.75, 3.05) is 33.3 Å². The van der Waals surface area contributed by atoms with Crippen LogP contribution in [0.3, 0.4) is 0 Å². The Bertz CT molecular complexity index is 162. The lowest BCUT2D eigenvalue weighted by Crippen LogP contribution is -2.44. The predicted octanol–water partition coefficient (Wildman–Crippen LogP) is -1.45. The van der Waals surface area contributed by atoms with Crippen LogP contribution in [0, 0.1) is 0 Å². The molecule has 0 radical (unpaired) electrons. The number of carbonyl (C=O) groups is 1. The molecule has 0 rings (SSSR count). The number of nitrogens with zero attached hydrogens (tertiary/aromatic N) is 1. The molecule has 0 aromatic carbocycles. The van der Waals surface area contributed by atoms with Crippen molar-refractivity contribution in [3.05, 3.63) is 0 Å². The number of rotatable bonds is 5. The van der Waals surface area contributed by atoms with Gasteiger partial charge in [-0.15, -0.1) is 0 Å². The summed E-state index contributed by atoms with van der Waals surface area (Å²) in [7, 11) is 2.29. The first-order valence-electron chi connectivity index (χ1n) is 5.27. The van der Waals surface area contributed by atoms with E-state index in [-0.39, 0.29) is 0 Å². The van der Waals surface area contributed by atoms with Crippen molar-refractivity contribution in [1.82, 2.24) is 0 Å². The monoisotopic (exact) mass is 220 g/mol. The van der Waals surface area contributed by atoms with Gasteiger partial charge in [0, 0.05) is 0 Å². The molecular formula is C10H24N2O3. The van der Waals surface area contributed by atoms with Gasteiger partial charge in [0.1, 0.15) is 0 Å². The van der Waals surface area contributed by atoms with E-state index in [2.05, 4.69) is 27.8 Å². The summed E-state index contributed by atoms with van der Waals surface area (Å²) in [6.07, 6.45) is 0. The van der Waals surface area contributed by atoms with Crippen LogP contribution < -0.4 is 10.8 Å².